The van der Waals surface area contributed by atoms with E-state index in [1.54, 1.807) is 0 Å². The van der Waals surface area contributed by atoms with E-state index in [2.05, 4.69) is 13.8 Å². The number of piperidine rings is 3. The smallest absolute Gasteiger partial charge is 0.223 e. The molecular weight excluding hydrogens is 138 g/mol. The van der Waals surface area contributed by atoms with Gasteiger partial charge in [-0.3, -0.25) is 4.79 Å². The number of rotatable bonds is 0. The molecule has 0 aliphatic carbocycles. The number of amides is 1. The third-order valence-electron chi connectivity index (χ3n) is 3.04. The molecule has 0 radical (unpaired) electrons. The predicted molar refractivity (Wildman–Crippen MR) is 43.1 cm³/mol. The van der Waals surface area contributed by atoms with Crippen molar-refractivity contribution in [2.45, 2.75) is 38.6 Å². The first-order valence-electron chi connectivity index (χ1n) is 4.40. The number of hydrogen-bond donors (Lipinski definition) is 0. The van der Waals surface area contributed by atoms with E-state index >= 15 is 0 Å². The van der Waals surface area contributed by atoms with E-state index in [0.29, 0.717) is 11.8 Å². The minimum Gasteiger partial charge on any atom is -0.338 e. The summed E-state index contributed by atoms with van der Waals surface area (Å²) >= 11 is 0. The highest BCUT2D eigenvalue weighted by Gasteiger charge is 2.43. The minimum atomic E-state index is 0.151. The fraction of sp³-hybridized carbons (Fsp3) is 0.889. The van der Waals surface area contributed by atoms with Gasteiger partial charge in [-0.2, -0.15) is 0 Å². The Bertz CT molecular complexity index is 198. The molecule has 0 aromatic carbocycles. The van der Waals surface area contributed by atoms with Crippen LogP contribution in [-0.2, 0) is 4.79 Å². The van der Waals surface area contributed by atoms with Crippen molar-refractivity contribution < 1.29 is 4.79 Å². The van der Waals surface area contributed by atoms with Gasteiger partial charge in [-0.15, -0.1) is 0 Å². The topological polar surface area (TPSA) is 20.3 Å². The second-order valence-corrected chi connectivity index (χ2v) is 4.42. The van der Waals surface area contributed by atoms with Crippen LogP contribution in [0.1, 0.15) is 33.1 Å². The minimum absolute atomic E-state index is 0.151. The van der Waals surface area contributed by atoms with Crippen LogP contribution in [0.5, 0.6) is 0 Å². The van der Waals surface area contributed by atoms with Crippen LogP contribution in [0.4, 0.5) is 0 Å². The Hall–Kier alpha value is -0.530. The highest BCUT2D eigenvalue weighted by Crippen LogP contribution is 2.38. The van der Waals surface area contributed by atoms with Crippen LogP contribution < -0.4 is 0 Å². The molecule has 3 fully saturated rings. The molecule has 0 saturated carbocycles. The molecule has 11 heavy (non-hydrogen) atoms. The third kappa shape index (κ3) is 0.959. The monoisotopic (exact) mass is 153 g/mol. The average Bonchev–Trinajstić information content (AvgIpc) is 1.83. The van der Waals surface area contributed by atoms with Crippen molar-refractivity contribution in [1.29, 1.82) is 0 Å². The first-order valence-corrected chi connectivity index (χ1v) is 4.40. The summed E-state index contributed by atoms with van der Waals surface area (Å²) in [5.74, 6) is 1.06. The van der Waals surface area contributed by atoms with Crippen molar-refractivity contribution in [3.63, 3.8) is 0 Å². The van der Waals surface area contributed by atoms with Gasteiger partial charge in [0, 0.05) is 18.5 Å². The van der Waals surface area contributed by atoms with Crippen LogP contribution in [0, 0.1) is 5.92 Å². The molecule has 2 bridgehead atoms. The van der Waals surface area contributed by atoms with Crippen LogP contribution in [0.25, 0.3) is 0 Å². The van der Waals surface area contributed by atoms with Crippen molar-refractivity contribution in [3.8, 4) is 0 Å². The SMILES string of the molecule is CC1(C)CC2CCN1C(=O)C2. The second-order valence-electron chi connectivity index (χ2n) is 4.42. The van der Waals surface area contributed by atoms with E-state index < -0.39 is 0 Å². The molecule has 0 N–H and O–H groups in total. The highest BCUT2D eigenvalue weighted by atomic mass is 16.2. The Kier molecular flexibility index (Phi) is 1.29. The van der Waals surface area contributed by atoms with Gasteiger partial charge in [0.15, 0.2) is 0 Å². The number of hydrogen-bond acceptors (Lipinski definition) is 1. The first kappa shape index (κ1) is 7.14. The summed E-state index contributed by atoms with van der Waals surface area (Å²) < 4.78 is 0. The summed E-state index contributed by atoms with van der Waals surface area (Å²) in [6.45, 7) is 5.35. The molecule has 3 aliphatic rings. The fourth-order valence-corrected chi connectivity index (χ4v) is 2.53. The Balaban J connectivity index is 2.26. The van der Waals surface area contributed by atoms with Crippen LogP contribution in [0.15, 0.2) is 0 Å². The highest BCUT2D eigenvalue weighted by molar-refractivity contribution is 5.79. The molecule has 2 heteroatoms. The molecule has 1 amide bonds. The Morgan fingerprint density at radius 1 is 1.55 bits per heavy atom. The normalized spacial score (nSPS) is 34.5. The lowest BCUT2D eigenvalue weighted by atomic mass is 9.76. The summed E-state index contributed by atoms with van der Waals surface area (Å²) in [4.78, 5) is 13.4. The molecule has 3 aliphatic heterocycles. The number of carbonyl (C=O) groups excluding carboxylic acids is 1. The zero-order chi connectivity index (χ0) is 8.06. The van der Waals surface area contributed by atoms with Crippen molar-refractivity contribution in [2.75, 3.05) is 6.54 Å². The van der Waals surface area contributed by atoms with Crippen molar-refractivity contribution in [1.82, 2.24) is 4.90 Å². The van der Waals surface area contributed by atoms with Crippen molar-refractivity contribution in [3.05, 3.63) is 0 Å². The molecule has 3 saturated heterocycles. The van der Waals surface area contributed by atoms with Gasteiger partial charge < -0.3 is 4.90 Å². The Labute approximate surface area is 67.6 Å². The van der Waals surface area contributed by atoms with Crippen LogP contribution in [0.3, 0.4) is 0 Å². The third-order valence-corrected chi connectivity index (χ3v) is 3.04. The Morgan fingerprint density at radius 2 is 2.27 bits per heavy atom. The molecule has 0 aromatic heterocycles. The fourth-order valence-electron chi connectivity index (χ4n) is 2.53. The number of fused-ring (bicyclic) bond motifs is 3. The van der Waals surface area contributed by atoms with Crippen LogP contribution in [-0.4, -0.2) is 22.9 Å². The van der Waals surface area contributed by atoms with Crippen molar-refractivity contribution >= 4 is 5.91 Å². The lowest BCUT2D eigenvalue weighted by molar-refractivity contribution is -0.149. The van der Waals surface area contributed by atoms with Gasteiger partial charge in [-0.05, 0) is 32.6 Å². The second kappa shape index (κ2) is 1.99. The maximum Gasteiger partial charge on any atom is 0.223 e. The van der Waals surface area contributed by atoms with Crippen LogP contribution >= 0.6 is 0 Å². The quantitative estimate of drug-likeness (QED) is 0.515. The van der Waals surface area contributed by atoms with E-state index in [9.17, 15) is 4.79 Å². The zero-order valence-electron chi connectivity index (χ0n) is 7.26. The molecule has 0 aromatic rings. The molecular formula is C9H15NO. The molecule has 3 heterocycles. The van der Waals surface area contributed by atoms with Crippen LogP contribution in [0.2, 0.25) is 0 Å². The summed E-state index contributed by atoms with van der Waals surface area (Å²) in [7, 11) is 0. The average molecular weight is 153 g/mol. The summed E-state index contributed by atoms with van der Waals surface area (Å²) in [5, 5.41) is 0. The van der Waals surface area contributed by atoms with E-state index in [1.807, 2.05) is 4.90 Å². The van der Waals surface area contributed by atoms with E-state index in [0.717, 1.165) is 13.0 Å². The first-order chi connectivity index (χ1) is 5.09. The number of nitrogens with zero attached hydrogens (tertiary/aromatic N) is 1. The van der Waals surface area contributed by atoms with Gasteiger partial charge in [-0.25, -0.2) is 0 Å². The molecule has 1 atom stereocenters. The summed E-state index contributed by atoms with van der Waals surface area (Å²) in [6.07, 6.45) is 3.25. The van der Waals surface area contributed by atoms with E-state index in [4.69, 9.17) is 0 Å². The standard InChI is InChI=1S/C9H15NO/c1-9(2)6-7-3-4-10(9)8(11)5-7/h7H,3-6H2,1-2H3. The van der Waals surface area contributed by atoms with E-state index in [-0.39, 0.29) is 5.54 Å². The lowest BCUT2D eigenvalue weighted by Gasteiger charge is -2.50. The van der Waals surface area contributed by atoms with Gasteiger partial charge in [-0.1, -0.05) is 0 Å². The predicted octanol–water partition coefficient (Wildman–Crippen LogP) is 1.41. The summed E-state index contributed by atoms with van der Waals surface area (Å²) in [5.41, 5.74) is 0.151. The van der Waals surface area contributed by atoms with Gasteiger partial charge in [0.1, 0.15) is 0 Å². The molecule has 1 unspecified atom stereocenters. The Morgan fingerprint density at radius 3 is 2.64 bits per heavy atom. The van der Waals surface area contributed by atoms with Gasteiger partial charge in [0.05, 0.1) is 0 Å². The summed E-state index contributed by atoms with van der Waals surface area (Å²) in [6, 6.07) is 0. The lowest BCUT2D eigenvalue weighted by Crippen LogP contribution is -2.57. The molecule has 0 spiro atoms. The maximum absolute atomic E-state index is 11.4. The molecule has 62 valence electrons. The molecule has 3 rings (SSSR count). The van der Waals surface area contributed by atoms with Crippen molar-refractivity contribution in [2.24, 2.45) is 5.92 Å². The largest absolute Gasteiger partial charge is 0.338 e. The zero-order valence-corrected chi connectivity index (χ0v) is 7.26. The van der Waals surface area contributed by atoms with Gasteiger partial charge in [0.2, 0.25) is 5.91 Å². The van der Waals surface area contributed by atoms with E-state index in [1.165, 1.54) is 12.8 Å². The molecule has 2 nitrogen and oxygen atoms in total. The van der Waals surface area contributed by atoms with Gasteiger partial charge >= 0.3 is 0 Å². The van der Waals surface area contributed by atoms with Gasteiger partial charge in [0.25, 0.3) is 0 Å². The maximum atomic E-state index is 11.4. The number of carbonyl (C=O) groups is 1.